The van der Waals surface area contributed by atoms with E-state index < -0.39 is 10.0 Å². The van der Waals surface area contributed by atoms with Crippen LogP contribution in [0.3, 0.4) is 0 Å². The average molecular weight is 296 g/mol. The van der Waals surface area contributed by atoms with E-state index in [0.717, 1.165) is 29.9 Å². The second-order valence-electron chi connectivity index (χ2n) is 5.92. The lowest BCUT2D eigenvalue weighted by Crippen LogP contribution is -2.29. The second-order valence-corrected chi connectivity index (χ2v) is 7.72. The predicted molar refractivity (Wildman–Crippen MR) is 81.5 cm³/mol. The highest BCUT2D eigenvalue weighted by atomic mass is 32.2. The van der Waals surface area contributed by atoms with E-state index in [2.05, 4.69) is 11.6 Å². The molecule has 0 radical (unpaired) electrons. The van der Waals surface area contributed by atoms with Crippen LogP contribution in [-0.4, -0.2) is 15.0 Å². The van der Waals surface area contributed by atoms with Gasteiger partial charge in [-0.1, -0.05) is 37.6 Å². The van der Waals surface area contributed by atoms with E-state index in [0.29, 0.717) is 19.0 Å². The SMILES string of the molecule is CC1CCC(CNS(=O)(=O)Cc2cccc(CN)c2)C1. The minimum absolute atomic E-state index is 0.0309. The van der Waals surface area contributed by atoms with Gasteiger partial charge >= 0.3 is 0 Å². The van der Waals surface area contributed by atoms with Gasteiger partial charge in [0.1, 0.15) is 0 Å². The Hall–Kier alpha value is -0.910. The van der Waals surface area contributed by atoms with Crippen molar-refractivity contribution in [3.05, 3.63) is 35.4 Å². The molecule has 0 bridgehead atoms. The van der Waals surface area contributed by atoms with Gasteiger partial charge in [0.15, 0.2) is 0 Å². The summed E-state index contributed by atoms with van der Waals surface area (Å²) in [7, 11) is -3.26. The molecule has 1 aromatic carbocycles. The number of hydrogen-bond acceptors (Lipinski definition) is 3. The first-order valence-corrected chi connectivity index (χ1v) is 8.89. The Bertz CT molecular complexity index is 543. The summed E-state index contributed by atoms with van der Waals surface area (Å²) in [5, 5.41) is 0. The van der Waals surface area contributed by atoms with Crippen LogP contribution < -0.4 is 10.5 Å². The Kier molecular flexibility index (Phi) is 5.18. The standard InChI is InChI=1S/C15H24N2O2S/c1-12-5-6-14(7-12)10-17-20(18,19)11-15-4-2-3-13(8-15)9-16/h2-4,8,12,14,17H,5-7,9-11,16H2,1H3. The smallest absolute Gasteiger partial charge is 0.215 e. The quantitative estimate of drug-likeness (QED) is 0.843. The van der Waals surface area contributed by atoms with Gasteiger partial charge in [-0.15, -0.1) is 0 Å². The summed E-state index contributed by atoms with van der Waals surface area (Å²) in [6, 6.07) is 7.45. The lowest BCUT2D eigenvalue weighted by molar-refractivity contribution is 0.498. The summed E-state index contributed by atoms with van der Waals surface area (Å²) in [5.74, 6) is 1.25. The van der Waals surface area contributed by atoms with Gasteiger partial charge in [-0.3, -0.25) is 0 Å². The van der Waals surface area contributed by atoms with Gasteiger partial charge in [-0.05, 0) is 35.8 Å². The Morgan fingerprint density at radius 3 is 2.70 bits per heavy atom. The van der Waals surface area contributed by atoms with Gasteiger partial charge in [-0.2, -0.15) is 0 Å². The third kappa shape index (κ3) is 4.58. The molecule has 20 heavy (non-hydrogen) atoms. The number of nitrogens with two attached hydrogens (primary N) is 1. The molecular weight excluding hydrogens is 272 g/mol. The van der Waals surface area contributed by atoms with Crippen LogP contribution in [0, 0.1) is 11.8 Å². The molecule has 0 aliphatic heterocycles. The zero-order valence-electron chi connectivity index (χ0n) is 12.0. The van der Waals surface area contributed by atoms with Crippen LogP contribution in [0.25, 0.3) is 0 Å². The van der Waals surface area contributed by atoms with E-state index in [4.69, 9.17) is 5.73 Å². The van der Waals surface area contributed by atoms with Crippen LogP contribution in [0.1, 0.15) is 37.3 Å². The van der Waals surface area contributed by atoms with Crippen molar-refractivity contribution in [3.8, 4) is 0 Å². The summed E-state index contributed by atoms with van der Waals surface area (Å²) < 4.78 is 26.9. The highest BCUT2D eigenvalue weighted by Gasteiger charge is 2.23. The first-order chi connectivity index (χ1) is 9.48. The highest BCUT2D eigenvalue weighted by molar-refractivity contribution is 7.88. The van der Waals surface area contributed by atoms with Crippen LogP contribution >= 0.6 is 0 Å². The molecule has 0 amide bonds. The van der Waals surface area contributed by atoms with E-state index >= 15 is 0 Å². The van der Waals surface area contributed by atoms with Gasteiger partial charge < -0.3 is 5.73 Å². The van der Waals surface area contributed by atoms with Crippen LogP contribution in [0.2, 0.25) is 0 Å². The number of benzene rings is 1. The third-order valence-electron chi connectivity index (χ3n) is 3.98. The van der Waals surface area contributed by atoms with Crippen molar-refractivity contribution in [1.82, 2.24) is 4.72 Å². The van der Waals surface area contributed by atoms with E-state index in [1.165, 1.54) is 6.42 Å². The molecule has 1 aliphatic rings. The van der Waals surface area contributed by atoms with Crippen molar-refractivity contribution in [2.24, 2.45) is 17.6 Å². The van der Waals surface area contributed by atoms with Crippen molar-refractivity contribution >= 4 is 10.0 Å². The van der Waals surface area contributed by atoms with Crippen LogP contribution in [0.4, 0.5) is 0 Å². The largest absolute Gasteiger partial charge is 0.326 e. The van der Waals surface area contributed by atoms with Crippen LogP contribution in [-0.2, 0) is 22.3 Å². The lowest BCUT2D eigenvalue weighted by Gasteiger charge is -2.12. The van der Waals surface area contributed by atoms with Crippen molar-refractivity contribution in [2.75, 3.05) is 6.54 Å². The second kappa shape index (κ2) is 6.70. The van der Waals surface area contributed by atoms with Gasteiger partial charge in [0, 0.05) is 13.1 Å². The molecule has 4 nitrogen and oxygen atoms in total. The summed E-state index contributed by atoms with van der Waals surface area (Å²) in [6.45, 7) is 3.23. The van der Waals surface area contributed by atoms with Crippen LogP contribution in [0.5, 0.6) is 0 Å². The lowest BCUT2D eigenvalue weighted by atomic mass is 10.1. The molecule has 0 aromatic heterocycles. The summed E-state index contributed by atoms with van der Waals surface area (Å²) in [5.41, 5.74) is 7.32. The molecule has 1 saturated carbocycles. The normalized spacial score (nSPS) is 23.1. The van der Waals surface area contributed by atoms with Crippen molar-refractivity contribution in [2.45, 2.75) is 38.5 Å². The fourth-order valence-corrected chi connectivity index (χ4v) is 4.08. The number of sulfonamides is 1. The third-order valence-corrected chi connectivity index (χ3v) is 5.30. The summed E-state index contributed by atoms with van der Waals surface area (Å²) >= 11 is 0. The molecule has 2 atom stereocenters. The first kappa shape index (κ1) is 15.5. The molecular formula is C15H24N2O2S. The maximum absolute atomic E-state index is 12.1. The molecule has 2 rings (SSSR count). The average Bonchev–Trinajstić information content (AvgIpc) is 2.82. The fourth-order valence-electron chi connectivity index (χ4n) is 2.87. The zero-order chi connectivity index (χ0) is 14.6. The van der Waals surface area contributed by atoms with Gasteiger partial charge in [-0.25, -0.2) is 13.1 Å². The molecule has 0 spiro atoms. The van der Waals surface area contributed by atoms with Crippen molar-refractivity contribution in [3.63, 3.8) is 0 Å². The van der Waals surface area contributed by atoms with Gasteiger partial charge in [0.05, 0.1) is 5.75 Å². The molecule has 3 N–H and O–H groups in total. The minimum Gasteiger partial charge on any atom is -0.326 e. The fraction of sp³-hybridized carbons (Fsp3) is 0.600. The maximum Gasteiger partial charge on any atom is 0.215 e. The van der Waals surface area contributed by atoms with E-state index in [1.807, 2.05) is 24.3 Å². The molecule has 2 unspecified atom stereocenters. The van der Waals surface area contributed by atoms with Crippen molar-refractivity contribution < 1.29 is 8.42 Å². The molecule has 5 heteroatoms. The molecule has 1 aliphatic carbocycles. The van der Waals surface area contributed by atoms with Gasteiger partial charge in [0.25, 0.3) is 0 Å². The molecule has 1 aromatic rings. The number of nitrogens with one attached hydrogen (secondary N) is 1. The zero-order valence-corrected chi connectivity index (χ0v) is 12.8. The van der Waals surface area contributed by atoms with Crippen LogP contribution in [0.15, 0.2) is 24.3 Å². The van der Waals surface area contributed by atoms with Crippen molar-refractivity contribution in [1.29, 1.82) is 0 Å². The van der Waals surface area contributed by atoms with E-state index in [-0.39, 0.29) is 5.75 Å². The minimum atomic E-state index is -3.26. The predicted octanol–water partition coefficient (Wildman–Crippen LogP) is 2.00. The maximum atomic E-state index is 12.1. The Morgan fingerprint density at radius 2 is 2.05 bits per heavy atom. The number of hydrogen-bond donors (Lipinski definition) is 2. The summed E-state index contributed by atoms with van der Waals surface area (Å²) in [4.78, 5) is 0. The summed E-state index contributed by atoms with van der Waals surface area (Å²) in [6.07, 6.45) is 3.47. The van der Waals surface area contributed by atoms with Gasteiger partial charge in [0.2, 0.25) is 10.0 Å². The molecule has 0 saturated heterocycles. The Labute approximate surface area is 121 Å². The number of rotatable bonds is 6. The molecule has 0 heterocycles. The van der Waals surface area contributed by atoms with E-state index in [1.54, 1.807) is 0 Å². The molecule has 112 valence electrons. The Balaban J connectivity index is 1.90. The Morgan fingerprint density at radius 1 is 1.30 bits per heavy atom. The monoisotopic (exact) mass is 296 g/mol. The topological polar surface area (TPSA) is 72.2 Å². The first-order valence-electron chi connectivity index (χ1n) is 7.24. The highest BCUT2D eigenvalue weighted by Crippen LogP contribution is 2.29. The van der Waals surface area contributed by atoms with E-state index in [9.17, 15) is 8.42 Å². The molecule has 1 fully saturated rings.